The van der Waals surface area contributed by atoms with Crippen LogP contribution in [0, 0.1) is 5.82 Å². The zero-order chi connectivity index (χ0) is 21.3. The molecule has 0 atom stereocenters. The molecule has 3 aromatic rings. The highest BCUT2D eigenvalue weighted by atomic mass is 32.2. The number of carbonyl (C=O) groups is 1. The number of nitrogens with one attached hydrogen (secondary N) is 1. The van der Waals surface area contributed by atoms with E-state index in [1.165, 1.54) is 18.4 Å². The van der Waals surface area contributed by atoms with Gasteiger partial charge in [0.15, 0.2) is 0 Å². The van der Waals surface area contributed by atoms with Crippen molar-refractivity contribution in [3.63, 3.8) is 0 Å². The van der Waals surface area contributed by atoms with Crippen LogP contribution in [0.3, 0.4) is 0 Å². The van der Waals surface area contributed by atoms with Crippen LogP contribution in [0.1, 0.15) is 39.2 Å². The molecule has 168 valence electrons. The molecule has 3 heterocycles. The van der Waals surface area contributed by atoms with Crippen LogP contribution in [-0.2, 0) is 14.6 Å². The van der Waals surface area contributed by atoms with Crippen LogP contribution in [0.5, 0.6) is 0 Å². The van der Waals surface area contributed by atoms with Gasteiger partial charge in [-0.05, 0) is 37.5 Å². The Labute approximate surface area is 182 Å². The van der Waals surface area contributed by atoms with E-state index in [9.17, 15) is 17.6 Å². The van der Waals surface area contributed by atoms with Crippen LogP contribution < -0.4 is 0 Å². The number of carbonyl (C=O) groups excluding carboxylic acids is 1. The maximum absolute atomic E-state index is 13.4. The van der Waals surface area contributed by atoms with Crippen LogP contribution in [0.4, 0.5) is 4.39 Å². The Morgan fingerprint density at radius 3 is 2.74 bits per heavy atom. The Hall–Kier alpha value is -2.68. The largest absolute Gasteiger partial charge is 0.360 e. The van der Waals surface area contributed by atoms with E-state index >= 15 is 0 Å². The fraction of sp³-hybridized carbons (Fsp3) is 0.455. The first-order valence-electron chi connectivity index (χ1n) is 10.1. The van der Waals surface area contributed by atoms with Crippen molar-refractivity contribution in [2.24, 2.45) is 0 Å². The summed E-state index contributed by atoms with van der Waals surface area (Å²) in [4.78, 5) is 17.2. The molecule has 1 amide bonds. The first-order chi connectivity index (χ1) is 14.3. The molecule has 0 saturated carbocycles. The number of piperidine rings is 1. The highest BCUT2D eigenvalue weighted by Crippen LogP contribution is 2.30. The van der Waals surface area contributed by atoms with Crippen molar-refractivity contribution in [3.05, 3.63) is 42.6 Å². The summed E-state index contributed by atoms with van der Waals surface area (Å²) in [5.74, 6) is -0.209. The molecular weight excluding hydrogens is 419 g/mol. The van der Waals surface area contributed by atoms with Gasteiger partial charge in [0.2, 0.25) is 5.91 Å². The molecule has 0 unspecified atom stereocenters. The molecule has 1 aromatic carbocycles. The highest BCUT2D eigenvalue weighted by Gasteiger charge is 2.24. The Kier molecular flexibility index (Phi) is 6.83. The molecule has 0 bridgehead atoms. The van der Waals surface area contributed by atoms with Crippen LogP contribution >= 0.6 is 0 Å². The summed E-state index contributed by atoms with van der Waals surface area (Å²) in [6.07, 6.45) is 9.11. The lowest BCUT2D eigenvalue weighted by atomic mass is 10.0. The second kappa shape index (κ2) is 9.21. The summed E-state index contributed by atoms with van der Waals surface area (Å²) in [6.45, 7) is 1.29. The number of hydrogen-bond donors (Lipinski definition) is 1. The fourth-order valence-electron chi connectivity index (χ4n) is 4.04. The summed E-state index contributed by atoms with van der Waals surface area (Å²) < 4.78 is 37.8. The van der Waals surface area contributed by atoms with Crippen molar-refractivity contribution < 1.29 is 17.6 Å². The minimum atomic E-state index is -3.03. The number of rotatable bonds is 6. The molecule has 1 aliphatic heterocycles. The Balaban J connectivity index is 0.00000272. The molecule has 0 aliphatic carbocycles. The molecule has 2 aromatic heterocycles. The number of benzene rings is 1. The van der Waals surface area contributed by atoms with E-state index in [4.69, 9.17) is 0 Å². The van der Waals surface area contributed by atoms with Crippen LogP contribution in [0.15, 0.2) is 36.8 Å². The monoisotopic (exact) mass is 448 g/mol. The molecule has 4 rings (SSSR count). The van der Waals surface area contributed by atoms with Crippen LogP contribution in [-0.4, -0.2) is 59.1 Å². The summed E-state index contributed by atoms with van der Waals surface area (Å²) in [6, 6.07) is 4.90. The number of halogens is 1. The molecule has 9 heteroatoms. The van der Waals surface area contributed by atoms with Crippen LogP contribution in [0.2, 0.25) is 0 Å². The Bertz CT molecular complexity index is 1160. The number of sulfone groups is 1. The standard InChI is InChI=1S/C21H25FN4O3S.CH4/c1-30(28,29)10-2-3-21(27)25-8-6-17(7-9-25)26-14-15(12-24-26)19-13-23-20-11-16(22)4-5-18(19)20;/h4-5,11-14,17,23H,2-3,6-10H2,1H3;1H4. The van der Waals surface area contributed by atoms with Crippen molar-refractivity contribution in [3.8, 4) is 11.1 Å². The average Bonchev–Trinajstić information content (AvgIpc) is 3.33. The molecule has 0 radical (unpaired) electrons. The summed E-state index contributed by atoms with van der Waals surface area (Å²) in [7, 11) is -3.03. The normalized spacial score (nSPS) is 15.2. The van der Waals surface area contributed by atoms with Gasteiger partial charge in [-0.15, -0.1) is 0 Å². The lowest BCUT2D eigenvalue weighted by Crippen LogP contribution is -2.39. The number of aromatic nitrogens is 3. The third-order valence-corrected chi connectivity index (χ3v) is 6.68. The zero-order valence-electron chi connectivity index (χ0n) is 16.8. The van der Waals surface area contributed by atoms with E-state index < -0.39 is 9.84 Å². The number of fused-ring (bicyclic) bond motifs is 1. The van der Waals surface area contributed by atoms with E-state index in [1.807, 2.05) is 28.2 Å². The zero-order valence-corrected chi connectivity index (χ0v) is 17.7. The van der Waals surface area contributed by atoms with E-state index in [0.717, 1.165) is 34.9 Å². The van der Waals surface area contributed by atoms with E-state index in [-0.39, 0.29) is 37.4 Å². The van der Waals surface area contributed by atoms with Gasteiger partial charge in [-0.25, -0.2) is 12.8 Å². The quantitative estimate of drug-likeness (QED) is 0.621. The fourth-order valence-corrected chi connectivity index (χ4v) is 4.71. The molecule has 1 saturated heterocycles. The van der Waals surface area contributed by atoms with Crippen LogP contribution in [0.25, 0.3) is 22.0 Å². The lowest BCUT2D eigenvalue weighted by Gasteiger charge is -2.32. The minimum Gasteiger partial charge on any atom is -0.360 e. The molecule has 0 spiro atoms. The summed E-state index contributed by atoms with van der Waals surface area (Å²) >= 11 is 0. The second-order valence-electron chi connectivity index (χ2n) is 7.95. The Morgan fingerprint density at radius 1 is 1.29 bits per heavy atom. The number of nitrogens with zero attached hydrogens (tertiary/aromatic N) is 3. The van der Waals surface area contributed by atoms with Crippen molar-refractivity contribution in [2.75, 3.05) is 25.1 Å². The predicted octanol–water partition coefficient (Wildman–Crippen LogP) is 3.79. The third-order valence-electron chi connectivity index (χ3n) is 5.65. The highest BCUT2D eigenvalue weighted by molar-refractivity contribution is 7.90. The molecule has 31 heavy (non-hydrogen) atoms. The number of aromatic amines is 1. The van der Waals surface area contributed by atoms with Gasteiger partial charge in [-0.3, -0.25) is 9.48 Å². The second-order valence-corrected chi connectivity index (χ2v) is 10.2. The van der Waals surface area contributed by atoms with Gasteiger partial charge < -0.3 is 9.88 Å². The number of amides is 1. The smallest absolute Gasteiger partial charge is 0.222 e. The first kappa shape index (κ1) is 23.0. The molecular formula is C22H29FN4O3S. The minimum absolute atomic E-state index is 0. The van der Waals surface area contributed by atoms with Gasteiger partial charge in [0, 0.05) is 60.2 Å². The molecule has 7 nitrogen and oxygen atoms in total. The van der Waals surface area contributed by atoms with E-state index in [1.54, 1.807) is 6.07 Å². The molecule has 1 aliphatic rings. The predicted molar refractivity (Wildman–Crippen MR) is 120 cm³/mol. The third kappa shape index (κ3) is 5.33. The molecule has 1 N–H and O–H groups in total. The van der Waals surface area contributed by atoms with Gasteiger partial charge in [0.1, 0.15) is 15.7 Å². The van der Waals surface area contributed by atoms with Gasteiger partial charge in [0.25, 0.3) is 0 Å². The summed E-state index contributed by atoms with van der Waals surface area (Å²) in [5, 5.41) is 5.47. The van der Waals surface area contributed by atoms with Gasteiger partial charge >= 0.3 is 0 Å². The van der Waals surface area contributed by atoms with Gasteiger partial charge in [-0.2, -0.15) is 5.10 Å². The number of H-pyrrole nitrogens is 1. The molecule has 1 fully saturated rings. The van der Waals surface area contributed by atoms with E-state index in [0.29, 0.717) is 19.5 Å². The van der Waals surface area contributed by atoms with Crippen molar-refractivity contribution >= 4 is 26.6 Å². The first-order valence-corrected chi connectivity index (χ1v) is 12.1. The van der Waals surface area contributed by atoms with Crippen molar-refractivity contribution in [1.82, 2.24) is 19.7 Å². The maximum atomic E-state index is 13.4. The van der Waals surface area contributed by atoms with Gasteiger partial charge in [-0.1, -0.05) is 7.43 Å². The number of likely N-dealkylation sites (tertiary alicyclic amines) is 1. The SMILES string of the molecule is C.CS(=O)(=O)CCCC(=O)N1CCC(n2cc(-c3c[nH]c4cc(F)ccc34)cn2)CC1. The summed E-state index contributed by atoms with van der Waals surface area (Å²) in [5.41, 5.74) is 2.70. The average molecular weight is 449 g/mol. The van der Waals surface area contributed by atoms with Crippen molar-refractivity contribution in [1.29, 1.82) is 0 Å². The number of hydrogen-bond acceptors (Lipinski definition) is 4. The lowest BCUT2D eigenvalue weighted by molar-refractivity contribution is -0.132. The topological polar surface area (TPSA) is 88.1 Å². The van der Waals surface area contributed by atoms with Gasteiger partial charge in [0.05, 0.1) is 18.0 Å². The maximum Gasteiger partial charge on any atom is 0.222 e. The van der Waals surface area contributed by atoms with Crippen molar-refractivity contribution in [2.45, 2.75) is 39.2 Å². The van der Waals surface area contributed by atoms with E-state index in [2.05, 4.69) is 10.1 Å². The Morgan fingerprint density at radius 2 is 2.03 bits per heavy atom.